The minimum absolute atomic E-state index is 0.173. The van der Waals surface area contributed by atoms with Gasteiger partial charge in [0, 0.05) is 17.3 Å². The molecule has 0 fully saturated rings. The normalized spacial score (nSPS) is 10.4. The number of rotatable bonds is 6. The molecule has 19 heavy (non-hydrogen) atoms. The highest BCUT2D eigenvalue weighted by Gasteiger charge is 2.07. The maximum Gasteiger partial charge on any atom is 0.315 e. The Morgan fingerprint density at radius 3 is 3.11 bits per heavy atom. The second kappa shape index (κ2) is 7.25. The monoisotopic (exact) mass is 294 g/mol. The van der Waals surface area contributed by atoms with Crippen molar-refractivity contribution in [2.45, 2.75) is 12.7 Å². The zero-order valence-corrected chi connectivity index (χ0v) is 12.2. The van der Waals surface area contributed by atoms with E-state index in [1.807, 2.05) is 30.5 Å². The first-order valence-corrected chi connectivity index (χ1v) is 7.92. The maximum atomic E-state index is 11.2. The molecule has 0 unspecified atom stereocenters. The average Bonchev–Trinajstić information content (AvgIpc) is 2.89. The molecule has 2 aromatic heterocycles. The lowest BCUT2D eigenvalue weighted by Crippen LogP contribution is -2.06. The van der Waals surface area contributed by atoms with Crippen LogP contribution in [0, 0.1) is 0 Å². The Labute approximate surface area is 120 Å². The van der Waals surface area contributed by atoms with E-state index in [9.17, 15) is 4.79 Å². The summed E-state index contributed by atoms with van der Waals surface area (Å²) >= 11 is 3.08. The molecular formula is C13H14N2O2S2. The van der Waals surface area contributed by atoms with E-state index < -0.39 is 0 Å². The van der Waals surface area contributed by atoms with Crippen molar-refractivity contribution in [1.82, 2.24) is 9.97 Å². The smallest absolute Gasteiger partial charge is 0.315 e. The van der Waals surface area contributed by atoms with E-state index in [1.54, 1.807) is 17.5 Å². The summed E-state index contributed by atoms with van der Waals surface area (Å²) in [5, 5.41) is 2.91. The summed E-state index contributed by atoms with van der Waals surface area (Å²) in [6.07, 6.45) is 1.76. The van der Waals surface area contributed by atoms with E-state index in [0.29, 0.717) is 18.1 Å². The van der Waals surface area contributed by atoms with Gasteiger partial charge in [-0.05, 0) is 19.1 Å². The molecule has 0 aromatic carbocycles. The van der Waals surface area contributed by atoms with Gasteiger partial charge in [-0.1, -0.05) is 6.07 Å². The molecular weight excluding hydrogens is 280 g/mol. The Kier molecular flexibility index (Phi) is 5.35. The summed E-state index contributed by atoms with van der Waals surface area (Å²) in [6, 6.07) is 5.76. The SMILES string of the molecule is CCOC(=O)CSCc1csc(-c2ccccn2)n1. The summed E-state index contributed by atoms with van der Waals surface area (Å²) in [6.45, 7) is 2.24. The highest BCUT2D eigenvalue weighted by Crippen LogP contribution is 2.23. The lowest BCUT2D eigenvalue weighted by molar-refractivity contribution is -0.139. The van der Waals surface area contributed by atoms with Crippen LogP contribution in [0.2, 0.25) is 0 Å². The van der Waals surface area contributed by atoms with E-state index in [4.69, 9.17) is 4.74 Å². The Hall–Kier alpha value is -1.40. The van der Waals surface area contributed by atoms with Gasteiger partial charge in [0.05, 0.1) is 23.7 Å². The Balaban J connectivity index is 1.86. The van der Waals surface area contributed by atoms with Crippen LogP contribution in [0.15, 0.2) is 29.8 Å². The first-order valence-electron chi connectivity index (χ1n) is 5.88. The lowest BCUT2D eigenvalue weighted by atomic mass is 10.4. The van der Waals surface area contributed by atoms with Crippen molar-refractivity contribution in [3.63, 3.8) is 0 Å². The average molecular weight is 294 g/mol. The van der Waals surface area contributed by atoms with E-state index in [0.717, 1.165) is 16.4 Å². The molecule has 2 rings (SSSR count). The van der Waals surface area contributed by atoms with Gasteiger partial charge in [-0.3, -0.25) is 9.78 Å². The summed E-state index contributed by atoms with van der Waals surface area (Å²) < 4.78 is 4.87. The fourth-order valence-corrected chi connectivity index (χ4v) is 3.03. The third-order valence-electron chi connectivity index (χ3n) is 2.21. The van der Waals surface area contributed by atoms with Gasteiger partial charge in [0.1, 0.15) is 5.01 Å². The van der Waals surface area contributed by atoms with Crippen molar-refractivity contribution in [2.24, 2.45) is 0 Å². The Morgan fingerprint density at radius 2 is 2.37 bits per heavy atom. The number of hydrogen-bond acceptors (Lipinski definition) is 6. The minimum Gasteiger partial charge on any atom is -0.465 e. The standard InChI is InChI=1S/C13H14N2O2S2/c1-2-17-12(16)9-18-7-10-8-19-13(15-10)11-5-3-4-6-14-11/h3-6,8H,2,7,9H2,1H3. The van der Waals surface area contributed by atoms with Gasteiger partial charge in [-0.2, -0.15) is 0 Å². The predicted octanol–water partition coefficient (Wildman–Crippen LogP) is 3.00. The molecule has 0 aliphatic carbocycles. The lowest BCUT2D eigenvalue weighted by Gasteiger charge is -2.00. The number of aromatic nitrogens is 2. The van der Waals surface area contributed by atoms with Crippen LogP contribution in [0.1, 0.15) is 12.6 Å². The molecule has 2 heterocycles. The van der Waals surface area contributed by atoms with Crippen molar-refractivity contribution >= 4 is 29.1 Å². The Morgan fingerprint density at radius 1 is 1.47 bits per heavy atom. The van der Waals surface area contributed by atoms with E-state index in [-0.39, 0.29) is 5.97 Å². The minimum atomic E-state index is -0.173. The van der Waals surface area contributed by atoms with Crippen LogP contribution < -0.4 is 0 Å². The number of hydrogen-bond donors (Lipinski definition) is 0. The summed E-state index contributed by atoms with van der Waals surface area (Å²) in [5.74, 6) is 0.902. The van der Waals surface area contributed by atoms with Gasteiger partial charge in [-0.15, -0.1) is 23.1 Å². The molecule has 0 saturated carbocycles. The number of nitrogens with zero attached hydrogens (tertiary/aromatic N) is 2. The second-order valence-corrected chi connectivity index (χ2v) is 5.50. The Bertz CT molecular complexity index is 528. The number of thioether (sulfide) groups is 1. The van der Waals surface area contributed by atoms with Crippen LogP contribution in [0.25, 0.3) is 10.7 Å². The fourth-order valence-electron chi connectivity index (χ4n) is 1.42. The molecule has 0 aliphatic heterocycles. The molecule has 0 bridgehead atoms. The second-order valence-electron chi connectivity index (χ2n) is 3.66. The van der Waals surface area contributed by atoms with Crippen LogP contribution in [0.4, 0.5) is 0 Å². The summed E-state index contributed by atoms with van der Waals surface area (Å²) in [4.78, 5) is 20.0. The number of carbonyl (C=O) groups excluding carboxylic acids is 1. The van der Waals surface area contributed by atoms with Crippen molar-refractivity contribution in [3.8, 4) is 10.7 Å². The van der Waals surface area contributed by atoms with Gasteiger partial charge >= 0.3 is 5.97 Å². The highest BCUT2D eigenvalue weighted by molar-refractivity contribution is 7.99. The van der Waals surface area contributed by atoms with Crippen LogP contribution in [-0.4, -0.2) is 28.3 Å². The van der Waals surface area contributed by atoms with E-state index in [1.165, 1.54) is 11.8 Å². The van der Waals surface area contributed by atoms with E-state index in [2.05, 4.69) is 9.97 Å². The number of carbonyl (C=O) groups is 1. The first-order chi connectivity index (χ1) is 9.29. The molecule has 0 amide bonds. The summed E-state index contributed by atoms with van der Waals surface area (Å²) in [7, 11) is 0. The zero-order chi connectivity index (χ0) is 13.5. The fraction of sp³-hybridized carbons (Fsp3) is 0.308. The highest BCUT2D eigenvalue weighted by atomic mass is 32.2. The molecule has 0 spiro atoms. The maximum absolute atomic E-state index is 11.2. The van der Waals surface area contributed by atoms with Crippen molar-refractivity contribution < 1.29 is 9.53 Å². The number of ether oxygens (including phenoxy) is 1. The van der Waals surface area contributed by atoms with Gasteiger partial charge in [-0.25, -0.2) is 4.98 Å². The number of pyridine rings is 1. The molecule has 100 valence electrons. The third-order valence-corrected chi connectivity index (χ3v) is 4.06. The number of thiazole rings is 1. The summed E-state index contributed by atoms with van der Waals surface area (Å²) in [5.41, 5.74) is 1.86. The molecule has 0 atom stereocenters. The molecule has 0 saturated heterocycles. The van der Waals surface area contributed by atoms with Gasteiger partial charge < -0.3 is 4.74 Å². The largest absolute Gasteiger partial charge is 0.465 e. The van der Waals surface area contributed by atoms with Crippen molar-refractivity contribution in [3.05, 3.63) is 35.5 Å². The molecule has 2 aromatic rings. The molecule has 0 N–H and O–H groups in total. The van der Waals surface area contributed by atoms with Crippen LogP contribution in [-0.2, 0) is 15.3 Å². The van der Waals surface area contributed by atoms with Crippen LogP contribution in [0.3, 0.4) is 0 Å². The topological polar surface area (TPSA) is 52.1 Å². The first kappa shape index (κ1) is 14.0. The quantitative estimate of drug-likeness (QED) is 0.767. The molecule has 0 radical (unpaired) electrons. The molecule has 6 heteroatoms. The van der Waals surface area contributed by atoms with Gasteiger partial charge in [0.25, 0.3) is 0 Å². The van der Waals surface area contributed by atoms with Crippen LogP contribution in [0.5, 0.6) is 0 Å². The third kappa shape index (κ3) is 4.33. The predicted molar refractivity (Wildman–Crippen MR) is 78.1 cm³/mol. The van der Waals surface area contributed by atoms with Crippen molar-refractivity contribution in [2.75, 3.05) is 12.4 Å². The molecule has 0 aliphatic rings. The van der Waals surface area contributed by atoms with Gasteiger partial charge in [0.15, 0.2) is 0 Å². The zero-order valence-electron chi connectivity index (χ0n) is 10.5. The molecule has 4 nitrogen and oxygen atoms in total. The van der Waals surface area contributed by atoms with E-state index >= 15 is 0 Å². The van der Waals surface area contributed by atoms with Gasteiger partial charge in [0.2, 0.25) is 0 Å². The number of esters is 1. The van der Waals surface area contributed by atoms with Crippen molar-refractivity contribution in [1.29, 1.82) is 0 Å². The van der Waals surface area contributed by atoms with Crippen LogP contribution >= 0.6 is 23.1 Å².